The van der Waals surface area contributed by atoms with Gasteiger partial charge in [0.2, 0.25) is 0 Å². The average molecular weight is 357 g/mol. The Morgan fingerprint density at radius 3 is 2.52 bits per heavy atom. The van der Waals surface area contributed by atoms with E-state index in [4.69, 9.17) is 4.74 Å². The van der Waals surface area contributed by atoms with Crippen LogP contribution in [0, 0.1) is 5.82 Å². The van der Waals surface area contributed by atoms with Gasteiger partial charge in [-0.2, -0.15) is 0 Å². The number of ether oxygens (including phenoxy) is 1. The quantitative estimate of drug-likeness (QED) is 0.454. The number of carbonyl (C=O) groups is 1. The zero-order valence-electron chi connectivity index (χ0n) is 14.1. The standard InChI is InChI=1S/C20H20FNO2S/c1-25-17-6-2-15(3-7-17)4-9-20(23)16-5-8-19(18(21)14-16)22-10-12-24-13-11-22/h2-9,14H,10-13H2,1H3/b9-4+. The second-order valence-electron chi connectivity index (χ2n) is 5.74. The SMILES string of the molecule is CSc1ccc(/C=C/C(=O)c2ccc(N3CCOCC3)c(F)c2)cc1. The van der Waals surface area contributed by atoms with Crippen LogP contribution in [0.2, 0.25) is 0 Å². The lowest BCUT2D eigenvalue weighted by Crippen LogP contribution is -2.36. The number of benzene rings is 2. The molecule has 2 aromatic carbocycles. The van der Waals surface area contributed by atoms with Crippen molar-refractivity contribution in [3.8, 4) is 0 Å². The van der Waals surface area contributed by atoms with E-state index in [1.807, 2.05) is 35.4 Å². The van der Waals surface area contributed by atoms with Gasteiger partial charge in [-0.1, -0.05) is 18.2 Å². The second kappa shape index (κ2) is 8.32. The maximum atomic E-state index is 14.4. The summed E-state index contributed by atoms with van der Waals surface area (Å²) >= 11 is 1.67. The van der Waals surface area contributed by atoms with Gasteiger partial charge >= 0.3 is 0 Å². The predicted octanol–water partition coefficient (Wildman–Crippen LogP) is 4.28. The number of nitrogens with zero attached hydrogens (tertiary/aromatic N) is 1. The molecule has 1 heterocycles. The van der Waals surface area contributed by atoms with Crippen LogP contribution >= 0.6 is 11.8 Å². The fourth-order valence-electron chi connectivity index (χ4n) is 2.70. The molecule has 0 atom stereocenters. The molecule has 0 amide bonds. The summed E-state index contributed by atoms with van der Waals surface area (Å²) in [6.45, 7) is 2.52. The van der Waals surface area contributed by atoms with Crippen molar-refractivity contribution in [3.63, 3.8) is 0 Å². The zero-order chi connectivity index (χ0) is 17.6. The summed E-state index contributed by atoms with van der Waals surface area (Å²) < 4.78 is 19.7. The number of carbonyl (C=O) groups excluding carboxylic acids is 1. The molecule has 0 radical (unpaired) electrons. The minimum atomic E-state index is -0.370. The van der Waals surface area contributed by atoms with E-state index in [1.165, 1.54) is 17.0 Å². The summed E-state index contributed by atoms with van der Waals surface area (Å²) in [7, 11) is 0. The van der Waals surface area contributed by atoms with E-state index >= 15 is 0 Å². The third-order valence-electron chi connectivity index (χ3n) is 4.13. The Hall–Kier alpha value is -2.11. The largest absolute Gasteiger partial charge is 0.378 e. The zero-order valence-corrected chi connectivity index (χ0v) is 14.9. The lowest BCUT2D eigenvalue weighted by molar-refractivity contribution is 0.104. The fraction of sp³-hybridized carbons (Fsp3) is 0.250. The van der Waals surface area contributed by atoms with Gasteiger partial charge < -0.3 is 9.64 Å². The first-order valence-corrected chi connectivity index (χ1v) is 9.38. The molecule has 130 valence electrons. The lowest BCUT2D eigenvalue weighted by Gasteiger charge is -2.29. The Balaban J connectivity index is 1.71. The van der Waals surface area contributed by atoms with E-state index < -0.39 is 0 Å². The highest BCUT2D eigenvalue weighted by atomic mass is 32.2. The molecule has 1 saturated heterocycles. The van der Waals surface area contributed by atoms with Crippen molar-refractivity contribution in [1.29, 1.82) is 0 Å². The molecule has 3 rings (SSSR count). The van der Waals surface area contributed by atoms with Crippen LogP contribution in [0.25, 0.3) is 6.08 Å². The van der Waals surface area contributed by atoms with Crippen molar-refractivity contribution in [2.45, 2.75) is 4.90 Å². The lowest BCUT2D eigenvalue weighted by atomic mass is 10.1. The number of anilines is 1. The molecule has 0 bridgehead atoms. The van der Waals surface area contributed by atoms with Crippen LogP contribution in [0.4, 0.5) is 10.1 Å². The van der Waals surface area contributed by atoms with Gasteiger partial charge in [0.1, 0.15) is 5.82 Å². The van der Waals surface area contributed by atoms with Gasteiger partial charge in [-0.05, 0) is 48.2 Å². The van der Waals surface area contributed by atoms with E-state index in [-0.39, 0.29) is 11.6 Å². The highest BCUT2D eigenvalue weighted by molar-refractivity contribution is 7.98. The third kappa shape index (κ3) is 4.50. The van der Waals surface area contributed by atoms with Gasteiger partial charge in [0.25, 0.3) is 0 Å². The van der Waals surface area contributed by atoms with Crippen molar-refractivity contribution in [1.82, 2.24) is 0 Å². The molecule has 1 aliphatic rings. The number of allylic oxidation sites excluding steroid dienone is 1. The Bertz CT molecular complexity index is 768. The molecule has 25 heavy (non-hydrogen) atoms. The normalized spacial score (nSPS) is 14.9. The molecular formula is C20H20FNO2S. The minimum Gasteiger partial charge on any atom is -0.378 e. The van der Waals surface area contributed by atoms with Crippen LogP contribution < -0.4 is 4.90 Å². The number of morpholine rings is 1. The number of rotatable bonds is 5. The van der Waals surface area contributed by atoms with Crippen molar-refractivity contribution in [3.05, 3.63) is 65.5 Å². The van der Waals surface area contributed by atoms with Crippen LogP contribution in [0.5, 0.6) is 0 Å². The Labute approximate surface area is 151 Å². The molecule has 0 aromatic heterocycles. The van der Waals surface area contributed by atoms with Crippen LogP contribution in [0.3, 0.4) is 0 Å². The fourth-order valence-corrected chi connectivity index (χ4v) is 3.11. The molecule has 0 unspecified atom stereocenters. The van der Waals surface area contributed by atoms with Gasteiger partial charge in [-0.15, -0.1) is 11.8 Å². The van der Waals surface area contributed by atoms with Crippen molar-refractivity contribution >= 4 is 29.3 Å². The van der Waals surface area contributed by atoms with Gasteiger partial charge in [-0.3, -0.25) is 4.79 Å². The summed E-state index contributed by atoms with van der Waals surface area (Å²) in [6.07, 6.45) is 5.25. The van der Waals surface area contributed by atoms with E-state index in [9.17, 15) is 9.18 Å². The van der Waals surface area contributed by atoms with E-state index in [0.717, 1.165) is 5.56 Å². The first-order valence-electron chi connectivity index (χ1n) is 8.16. The monoisotopic (exact) mass is 357 g/mol. The maximum absolute atomic E-state index is 14.4. The minimum absolute atomic E-state index is 0.207. The number of halogens is 1. The van der Waals surface area contributed by atoms with Gasteiger partial charge in [0.15, 0.2) is 5.78 Å². The third-order valence-corrected chi connectivity index (χ3v) is 4.87. The number of hydrogen-bond donors (Lipinski definition) is 0. The first-order chi connectivity index (χ1) is 12.2. The Morgan fingerprint density at radius 1 is 1.16 bits per heavy atom. The summed E-state index contributed by atoms with van der Waals surface area (Å²) in [5.74, 6) is -0.577. The van der Waals surface area contributed by atoms with E-state index in [0.29, 0.717) is 37.6 Å². The van der Waals surface area contributed by atoms with Crippen LogP contribution in [0.1, 0.15) is 15.9 Å². The highest BCUT2D eigenvalue weighted by Gasteiger charge is 2.16. The number of ketones is 1. The molecule has 5 heteroatoms. The smallest absolute Gasteiger partial charge is 0.185 e. The molecule has 1 fully saturated rings. The Kier molecular flexibility index (Phi) is 5.89. The molecule has 0 aliphatic carbocycles. The van der Waals surface area contributed by atoms with Crippen molar-refractivity contribution < 1.29 is 13.9 Å². The van der Waals surface area contributed by atoms with Gasteiger partial charge in [0, 0.05) is 23.5 Å². The molecule has 0 spiro atoms. The topological polar surface area (TPSA) is 29.5 Å². The first kappa shape index (κ1) is 17.7. The number of hydrogen-bond acceptors (Lipinski definition) is 4. The summed E-state index contributed by atoms with van der Waals surface area (Å²) in [6, 6.07) is 12.6. The molecule has 2 aromatic rings. The highest BCUT2D eigenvalue weighted by Crippen LogP contribution is 2.22. The molecule has 3 nitrogen and oxygen atoms in total. The van der Waals surface area contributed by atoms with Crippen LogP contribution in [0.15, 0.2) is 53.4 Å². The van der Waals surface area contributed by atoms with Gasteiger partial charge in [-0.25, -0.2) is 4.39 Å². The Morgan fingerprint density at radius 2 is 1.88 bits per heavy atom. The summed E-state index contributed by atoms with van der Waals surface area (Å²) in [5.41, 5.74) is 1.82. The van der Waals surface area contributed by atoms with Crippen LogP contribution in [-0.4, -0.2) is 38.3 Å². The van der Waals surface area contributed by atoms with Crippen LogP contribution in [-0.2, 0) is 4.74 Å². The number of thioether (sulfide) groups is 1. The van der Waals surface area contributed by atoms with Crippen molar-refractivity contribution in [2.24, 2.45) is 0 Å². The second-order valence-corrected chi connectivity index (χ2v) is 6.62. The molecule has 1 aliphatic heterocycles. The molecule has 0 N–H and O–H groups in total. The average Bonchev–Trinajstić information content (AvgIpc) is 2.67. The van der Waals surface area contributed by atoms with Gasteiger partial charge in [0.05, 0.1) is 18.9 Å². The molecular weight excluding hydrogens is 337 g/mol. The summed E-state index contributed by atoms with van der Waals surface area (Å²) in [5, 5.41) is 0. The summed E-state index contributed by atoms with van der Waals surface area (Å²) in [4.78, 5) is 15.4. The predicted molar refractivity (Wildman–Crippen MR) is 101 cm³/mol. The van der Waals surface area contributed by atoms with E-state index in [2.05, 4.69) is 0 Å². The molecule has 0 saturated carbocycles. The van der Waals surface area contributed by atoms with E-state index in [1.54, 1.807) is 30.0 Å². The van der Waals surface area contributed by atoms with Crippen molar-refractivity contribution in [2.75, 3.05) is 37.5 Å². The maximum Gasteiger partial charge on any atom is 0.185 e.